The maximum Gasteiger partial charge on any atom is 0.221 e. The fraction of sp³-hybridized carbons (Fsp3) is 0.176. The molecule has 2 aromatic heterocycles. The Morgan fingerprint density at radius 3 is 2.86 bits per heavy atom. The molecule has 1 N–H and O–H groups in total. The predicted molar refractivity (Wildman–Crippen MR) is 84.8 cm³/mol. The van der Waals surface area contributed by atoms with Crippen molar-refractivity contribution < 1.29 is 4.74 Å². The summed E-state index contributed by atoms with van der Waals surface area (Å²) in [6.07, 6.45) is 2.83. The van der Waals surface area contributed by atoms with Gasteiger partial charge in [-0.2, -0.15) is 4.98 Å². The van der Waals surface area contributed by atoms with Gasteiger partial charge in [0.2, 0.25) is 5.88 Å². The Morgan fingerprint density at radius 2 is 1.95 bits per heavy atom. The quantitative estimate of drug-likeness (QED) is 0.758. The molecule has 4 nitrogen and oxygen atoms in total. The molecule has 0 atom stereocenters. The number of pyridine rings is 2. The van der Waals surface area contributed by atoms with Gasteiger partial charge in [0.1, 0.15) is 11.6 Å². The van der Waals surface area contributed by atoms with Gasteiger partial charge in [-0.25, -0.2) is 0 Å². The summed E-state index contributed by atoms with van der Waals surface area (Å²) in [4.78, 5) is 8.79. The molecule has 21 heavy (non-hydrogen) atoms. The van der Waals surface area contributed by atoms with Crippen LogP contribution in [0.1, 0.15) is 13.3 Å². The van der Waals surface area contributed by atoms with E-state index in [9.17, 15) is 0 Å². The van der Waals surface area contributed by atoms with Crippen LogP contribution in [0, 0.1) is 0 Å². The lowest BCUT2D eigenvalue weighted by molar-refractivity contribution is 0.469. The van der Waals surface area contributed by atoms with Crippen LogP contribution >= 0.6 is 0 Å². The molecular formula is C17H17N3O. The van der Waals surface area contributed by atoms with Gasteiger partial charge >= 0.3 is 0 Å². The Hall–Kier alpha value is -2.62. The topological polar surface area (TPSA) is 47.0 Å². The Kier molecular flexibility index (Phi) is 3.96. The van der Waals surface area contributed by atoms with Gasteiger partial charge in [0.05, 0.1) is 5.52 Å². The summed E-state index contributed by atoms with van der Waals surface area (Å²) in [7, 11) is 0. The van der Waals surface area contributed by atoms with Crippen molar-refractivity contribution >= 4 is 16.7 Å². The lowest BCUT2D eigenvalue weighted by Gasteiger charge is -2.09. The van der Waals surface area contributed by atoms with E-state index in [-0.39, 0.29) is 0 Å². The van der Waals surface area contributed by atoms with Gasteiger partial charge in [-0.15, -0.1) is 0 Å². The van der Waals surface area contributed by atoms with E-state index in [1.165, 1.54) is 0 Å². The van der Waals surface area contributed by atoms with E-state index >= 15 is 0 Å². The van der Waals surface area contributed by atoms with Crippen LogP contribution in [0.5, 0.6) is 11.6 Å². The van der Waals surface area contributed by atoms with Gasteiger partial charge in [-0.05, 0) is 36.8 Å². The highest BCUT2D eigenvalue weighted by molar-refractivity contribution is 5.85. The summed E-state index contributed by atoms with van der Waals surface area (Å²) < 4.78 is 5.92. The maximum atomic E-state index is 5.92. The fourth-order valence-electron chi connectivity index (χ4n) is 2.10. The van der Waals surface area contributed by atoms with E-state index in [1.807, 2.05) is 48.5 Å². The third kappa shape index (κ3) is 3.11. The second kappa shape index (κ2) is 6.22. The van der Waals surface area contributed by atoms with Crippen LogP contribution in [0.25, 0.3) is 10.9 Å². The van der Waals surface area contributed by atoms with Crippen molar-refractivity contribution in [3.63, 3.8) is 0 Å². The summed E-state index contributed by atoms with van der Waals surface area (Å²) in [5.74, 6) is 2.17. The van der Waals surface area contributed by atoms with Crippen molar-refractivity contribution in [1.82, 2.24) is 9.97 Å². The Morgan fingerprint density at radius 1 is 1.05 bits per heavy atom. The van der Waals surface area contributed by atoms with Crippen molar-refractivity contribution in [3.8, 4) is 11.6 Å². The molecule has 3 aromatic rings. The maximum absolute atomic E-state index is 5.92. The second-order valence-corrected chi connectivity index (χ2v) is 4.72. The highest BCUT2D eigenvalue weighted by Gasteiger charge is 2.05. The lowest BCUT2D eigenvalue weighted by Crippen LogP contribution is -2.02. The Bertz CT molecular complexity index is 737. The van der Waals surface area contributed by atoms with Gasteiger partial charge in [-0.3, -0.25) is 4.98 Å². The molecule has 0 spiro atoms. The molecule has 0 aliphatic heterocycles. The van der Waals surface area contributed by atoms with Crippen LogP contribution in [-0.2, 0) is 0 Å². The van der Waals surface area contributed by atoms with Crippen LogP contribution in [0.15, 0.2) is 54.7 Å². The van der Waals surface area contributed by atoms with E-state index in [4.69, 9.17) is 4.74 Å². The Labute approximate surface area is 123 Å². The number of nitrogens with zero attached hydrogens (tertiary/aromatic N) is 2. The number of benzene rings is 1. The van der Waals surface area contributed by atoms with Crippen molar-refractivity contribution in [2.45, 2.75) is 13.3 Å². The normalized spacial score (nSPS) is 10.5. The summed E-state index contributed by atoms with van der Waals surface area (Å²) in [5, 5.41) is 4.23. The van der Waals surface area contributed by atoms with E-state index in [1.54, 1.807) is 6.20 Å². The molecule has 0 bridgehead atoms. The first-order valence-electron chi connectivity index (χ1n) is 7.09. The predicted octanol–water partition coefficient (Wildman–Crippen LogP) is 4.24. The zero-order valence-corrected chi connectivity index (χ0v) is 11.9. The standard InChI is InChI=1S/C17H17N3O/c1-2-11-19-16-9-4-10-17(20-16)21-15-8-3-7-14-13(15)6-5-12-18-14/h3-10,12H,2,11H2,1H3,(H,19,20). The summed E-state index contributed by atoms with van der Waals surface area (Å²) in [5.41, 5.74) is 0.912. The molecule has 1 aromatic carbocycles. The van der Waals surface area contributed by atoms with E-state index < -0.39 is 0 Å². The largest absolute Gasteiger partial charge is 0.438 e. The minimum absolute atomic E-state index is 0.576. The van der Waals surface area contributed by atoms with Gasteiger partial charge in [0.15, 0.2) is 0 Å². The number of rotatable bonds is 5. The van der Waals surface area contributed by atoms with Crippen molar-refractivity contribution in [2.24, 2.45) is 0 Å². The molecular weight excluding hydrogens is 262 g/mol. The summed E-state index contributed by atoms with van der Waals surface area (Å²) in [6, 6.07) is 15.5. The van der Waals surface area contributed by atoms with Crippen molar-refractivity contribution in [2.75, 3.05) is 11.9 Å². The van der Waals surface area contributed by atoms with Gasteiger partial charge in [0, 0.05) is 24.2 Å². The molecule has 0 saturated carbocycles. The van der Waals surface area contributed by atoms with Crippen molar-refractivity contribution in [3.05, 3.63) is 54.7 Å². The SMILES string of the molecule is CCCNc1cccc(Oc2cccc3ncccc23)n1. The second-order valence-electron chi connectivity index (χ2n) is 4.72. The van der Waals surface area contributed by atoms with Crippen LogP contribution in [-0.4, -0.2) is 16.5 Å². The first-order chi connectivity index (χ1) is 10.4. The average Bonchev–Trinajstić information content (AvgIpc) is 2.54. The number of ether oxygens (including phenoxy) is 1. The molecule has 0 unspecified atom stereocenters. The summed E-state index contributed by atoms with van der Waals surface area (Å²) >= 11 is 0. The van der Waals surface area contributed by atoms with E-state index in [0.29, 0.717) is 5.88 Å². The molecule has 0 aliphatic carbocycles. The third-order valence-electron chi connectivity index (χ3n) is 3.10. The number of hydrogen-bond donors (Lipinski definition) is 1. The lowest BCUT2D eigenvalue weighted by atomic mass is 10.2. The molecule has 3 rings (SSSR count). The van der Waals surface area contributed by atoms with Gasteiger partial charge in [-0.1, -0.05) is 19.1 Å². The zero-order chi connectivity index (χ0) is 14.5. The molecule has 0 aliphatic rings. The van der Waals surface area contributed by atoms with Gasteiger partial charge in [0.25, 0.3) is 0 Å². The molecule has 0 radical (unpaired) electrons. The third-order valence-corrected chi connectivity index (χ3v) is 3.10. The highest BCUT2D eigenvalue weighted by Crippen LogP contribution is 2.28. The minimum Gasteiger partial charge on any atom is -0.438 e. The van der Waals surface area contributed by atoms with Crippen LogP contribution in [0.3, 0.4) is 0 Å². The van der Waals surface area contributed by atoms with Crippen LogP contribution in [0.2, 0.25) is 0 Å². The van der Waals surface area contributed by atoms with Crippen LogP contribution < -0.4 is 10.1 Å². The molecule has 4 heteroatoms. The molecule has 106 valence electrons. The number of hydrogen-bond acceptors (Lipinski definition) is 4. The number of fused-ring (bicyclic) bond motifs is 1. The summed E-state index contributed by atoms with van der Waals surface area (Å²) in [6.45, 7) is 3.02. The zero-order valence-electron chi connectivity index (χ0n) is 11.9. The fourth-order valence-corrected chi connectivity index (χ4v) is 2.10. The highest BCUT2D eigenvalue weighted by atomic mass is 16.5. The molecule has 0 amide bonds. The number of nitrogens with one attached hydrogen (secondary N) is 1. The van der Waals surface area contributed by atoms with Crippen LogP contribution in [0.4, 0.5) is 5.82 Å². The minimum atomic E-state index is 0.576. The molecule has 0 saturated heterocycles. The molecule has 0 fully saturated rings. The Balaban J connectivity index is 1.88. The van der Waals surface area contributed by atoms with Gasteiger partial charge < -0.3 is 10.1 Å². The average molecular weight is 279 g/mol. The first kappa shape index (κ1) is 13.4. The van der Waals surface area contributed by atoms with E-state index in [2.05, 4.69) is 22.2 Å². The molecule has 2 heterocycles. The number of aromatic nitrogens is 2. The van der Waals surface area contributed by atoms with E-state index in [0.717, 1.165) is 35.4 Å². The smallest absolute Gasteiger partial charge is 0.221 e. The number of anilines is 1. The first-order valence-corrected chi connectivity index (χ1v) is 7.09. The van der Waals surface area contributed by atoms with Crippen molar-refractivity contribution in [1.29, 1.82) is 0 Å². The monoisotopic (exact) mass is 279 g/mol.